The van der Waals surface area contributed by atoms with Crippen LogP contribution in [0, 0.1) is 11.8 Å². The highest BCUT2D eigenvalue weighted by molar-refractivity contribution is 5.76. The summed E-state index contributed by atoms with van der Waals surface area (Å²) in [6, 6.07) is 0. The highest BCUT2D eigenvalue weighted by atomic mass is 16.1. The summed E-state index contributed by atoms with van der Waals surface area (Å²) >= 11 is 0. The van der Waals surface area contributed by atoms with E-state index in [1.54, 1.807) is 6.33 Å². The molecule has 0 saturated heterocycles. The highest BCUT2D eigenvalue weighted by Gasteiger charge is 2.22. The van der Waals surface area contributed by atoms with E-state index in [9.17, 15) is 4.79 Å². The number of nitrogens with zero attached hydrogens (tertiary/aromatic N) is 3. The summed E-state index contributed by atoms with van der Waals surface area (Å²) in [6.07, 6.45) is 8.93. The smallest absolute Gasteiger partial charge is 0.220 e. The van der Waals surface area contributed by atoms with Crippen molar-refractivity contribution in [1.82, 2.24) is 20.1 Å². The van der Waals surface area contributed by atoms with Gasteiger partial charge in [0, 0.05) is 13.0 Å². The Morgan fingerprint density at radius 3 is 2.90 bits per heavy atom. The van der Waals surface area contributed by atoms with Gasteiger partial charge in [-0.1, -0.05) is 39.0 Å². The zero-order valence-electron chi connectivity index (χ0n) is 12.6. The van der Waals surface area contributed by atoms with Gasteiger partial charge in [-0.05, 0) is 18.8 Å². The molecule has 1 saturated carbocycles. The molecule has 1 amide bonds. The monoisotopic (exact) mass is 278 g/mol. The molecule has 1 aromatic rings. The van der Waals surface area contributed by atoms with Gasteiger partial charge >= 0.3 is 0 Å². The molecule has 1 atom stereocenters. The molecule has 20 heavy (non-hydrogen) atoms. The van der Waals surface area contributed by atoms with Gasteiger partial charge in [0.15, 0.2) is 5.82 Å². The highest BCUT2D eigenvalue weighted by Crippen LogP contribution is 2.31. The van der Waals surface area contributed by atoms with Crippen LogP contribution in [0.25, 0.3) is 0 Å². The third kappa shape index (κ3) is 4.05. The minimum Gasteiger partial charge on any atom is -0.349 e. The Hall–Kier alpha value is -1.39. The van der Waals surface area contributed by atoms with Crippen LogP contribution in [-0.2, 0) is 17.9 Å². The maximum atomic E-state index is 12.0. The standard InChI is InChI=1S/C15H26N4O/c1-3-19-11-17-18-14(19)10-16-15(20)9-12(2)13-7-5-4-6-8-13/h11-13H,3-10H2,1-2H3,(H,16,20). The molecule has 1 heterocycles. The van der Waals surface area contributed by atoms with Crippen molar-refractivity contribution in [3.8, 4) is 0 Å². The number of carbonyl (C=O) groups is 1. The van der Waals surface area contributed by atoms with Crippen LogP contribution in [0.2, 0.25) is 0 Å². The number of hydrogen-bond acceptors (Lipinski definition) is 3. The van der Waals surface area contributed by atoms with E-state index in [2.05, 4.69) is 22.4 Å². The van der Waals surface area contributed by atoms with Crippen LogP contribution in [-0.4, -0.2) is 20.7 Å². The topological polar surface area (TPSA) is 59.8 Å². The number of hydrogen-bond donors (Lipinski definition) is 1. The second-order valence-electron chi connectivity index (χ2n) is 5.89. The molecular weight excluding hydrogens is 252 g/mol. The molecule has 1 fully saturated rings. The summed E-state index contributed by atoms with van der Waals surface area (Å²) in [5, 5.41) is 10.9. The summed E-state index contributed by atoms with van der Waals surface area (Å²) in [5.41, 5.74) is 0. The molecule has 1 aromatic heterocycles. The largest absolute Gasteiger partial charge is 0.349 e. The van der Waals surface area contributed by atoms with E-state index in [0.717, 1.165) is 18.3 Å². The average Bonchev–Trinajstić information content (AvgIpc) is 2.93. The zero-order valence-corrected chi connectivity index (χ0v) is 12.6. The normalized spacial score (nSPS) is 17.9. The predicted octanol–water partition coefficient (Wildman–Crippen LogP) is 2.52. The van der Waals surface area contributed by atoms with Crippen molar-refractivity contribution in [2.75, 3.05) is 0 Å². The Morgan fingerprint density at radius 2 is 2.20 bits per heavy atom. The quantitative estimate of drug-likeness (QED) is 0.870. The molecule has 0 aliphatic heterocycles. The Bertz CT molecular complexity index is 423. The summed E-state index contributed by atoms with van der Waals surface area (Å²) in [7, 11) is 0. The average molecular weight is 278 g/mol. The molecule has 0 aromatic carbocycles. The maximum absolute atomic E-state index is 12.0. The lowest BCUT2D eigenvalue weighted by Crippen LogP contribution is -2.28. The van der Waals surface area contributed by atoms with E-state index in [0.29, 0.717) is 18.9 Å². The number of amides is 1. The fourth-order valence-electron chi connectivity index (χ4n) is 3.09. The van der Waals surface area contributed by atoms with Crippen LogP contribution >= 0.6 is 0 Å². The molecule has 1 unspecified atom stereocenters. The van der Waals surface area contributed by atoms with E-state index in [1.165, 1.54) is 32.1 Å². The fourth-order valence-corrected chi connectivity index (χ4v) is 3.09. The van der Waals surface area contributed by atoms with E-state index in [1.807, 2.05) is 11.5 Å². The van der Waals surface area contributed by atoms with Crippen molar-refractivity contribution in [2.24, 2.45) is 11.8 Å². The van der Waals surface area contributed by atoms with Gasteiger partial charge in [-0.15, -0.1) is 10.2 Å². The molecule has 0 spiro atoms. The van der Waals surface area contributed by atoms with Crippen LogP contribution < -0.4 is 5.32 Å². The van der Waals surface area contributed by atoms with E-state index >= 15 is 0 Å². The van der Waals surface area contributed by atoms with Crippen LogP contribution in [0.15, 0.2) is 6.33 Å². The maximum Gasteiger partial charge on any atom is 0.220 e. The first kappa shape index (κ1) is 15.0. The lowest BCUT2D eigenvalue weighted by atomic mass is 9.79. The molecule has 1 N–H and O–H groups in total. The number of aromatic nitrogens is 3. The van der Waals surface area contributed by atoms with Crippen molar-refractivity contribution >= 4 is 5.91 Å². The Kier molecular flexibility index (Phi) is 5.56. The molecule has 112 valence electrons. The summed E-state index contributed by atoms with van der Waals surface area (Å²) in [5.74, 6) is 2.17. The summed E-state index contributed by atoms with van der Waals surface area (Å²) < 4.78 is 1.95. The van der Waals surface area contributed by atoms with Crippen molar-refractivity contribution in [1.29, 1.82) is 0 Å². The van der Waals surface area contributed by atoms with E-state index in [-0.39, 0.29) is 5.91 Å². The van der Waals surface area contributed by atoms with Crippen LogP contribution in [0.5, 0.6) is 0 Å². The molecular formula is C15H26N4O. The number of nitrogens with one attached hydrogen (secondary N) is 1. The van der Waals surface area contributed by atoms with Gasteiger partial charge < -0.3 is 9.88 Å². The molecule has 1 aliphatic rings. The minimum absolute atomic E-state index is 0.133. The fraction of sp³-hybridized carbons (Fsp3) is 0.800. The first-order valence-corrected chi connectivity index (χ1v) is 7.84. The van der Waals surface area contributed by atoms with Gasteiger partial charge in [-0.2, -0.15) is 0 Å². The van der Waals surface area contributed by atoms with E-state index < -0.39 is 0 Å². The molecule has 2 rings (SSSR count). The van der Waals surface area contributed by atoms with Gasteiger partial charge in [0.1, 0.15) is 6.33 Å². The number of carbonyl (C=O) groups excluding carboxylic acids is 1. The van der Waals surface area contributed by atoms with Crippen molar-refractivity contribution in [3.63, 3.8) is 0 Å². The van der Waals surface area contributed by atoms with E-state index in [4.69, 9.17) is 0 Å². The minimum atomic E-state index is 0.133. The lowest BCUT2D eigenvalue weighted by Gasteiger charge is -2.27. The second kappa shape index (κ2) is 7.41. The Morgan fingerprint density at radius 1 is 1.45 bits per heavy atom. The third-order valence-electron chi connectivity index (χ3n) is 4.44. The van der Waals surface area contributed by atoms with Gasteiger partial charge in [-0.25, -0.2) is 0 Å². The van der Waals surface area contributed by atoms with Gasteiger partial charge in [0.05, 0.1) is 6.54 Å². The summed E-state index contributed by atoms with van der Waals surface area (Å²) in [6.45, 7) is 5.56. The van der Waals surface area contributed by atoms with Gasteiger partial charge in [0.2, 0.25) is 5.91 Å². The first-order valence-electron chi connectivity index (χ1n) is 7.84. The van der Waals surface area contributed by atoms with Crippen LogP contribution in [0.3, 0.4) is 0 Å². The molecule has 0 bridgehead atoms. The second-order valence-corrected chi connectivity index (χ2v) is 5.89. The van der Waals surface area contributed by atoms with Crippen molar-refractivity contribution < 1.29 is 4.79 Å². The van der Waals surface area contributed by atoms with Crippen molar-refractivity contribution in [3.05, 3.63) is 12.2 Å². The lowest BCUT2D eigenvalue weighted by molar-refractivity contribution is -0.122. The SMILES string of the molecule is CCn1cnnc1CNC(=O)CC(C)C1CCCCC1. The molecule has 1 aliphatic carbocycles. The molecule has 5 nitrogen and oxygen atoms in total. The summed E-state index contributed by atoms with van der Waals surface area (Å²) in [4.78, 5) is 12.0. The molecule has 5 heteroatoms. The zero-order chi connectivity index (χ0) is 14.4. The Balaban J connectivity index is 1.74. The van der Waals surface area contributed by atoms with Gasteiger partial charge in [-0.3, -0.25) is 4.79 Å². The van der Waals surface area contributed by atoms with Crippen molar-refractivity contribution in [2.45, 2.75) is 65.5 Å². The Labute approximate surface area is 121 Å². The number of aryl methyl sites for hydroxylation is 1. The van der Waals surface area contributed by atoms with Crippen LogP contribution in [0.4, 0.5) is 0 Å². The first-order chi connectivity index (χ1) is 9.70. The molecule has 0 radical (unpaired) electrons. The number of rotatable bonds is 6. The van der Waals surface area contributed by atoms with Crippen LogP contribution in [0.1, 0.15) is 58.2 Å². The third-order valence-corrected chi connectivity index (χ3v) is 4.44. The van der Waals surface area contributed by atoms with Gasteiger partial charge in [0.25, 0.3) is 0 Å². The predicted molar refractivity (Wildman–Crippen MR) is 77.9 cm³/mol.